The number of nitrogens with one attached hydrogen (secondary N) is 1. The number of nitrogens with zero attached hydrogens (tertiary/aromatic N) is 5. The lowest BCUT2D eigenvalue weighted by atomic mass is 9.77. The quantitative estimate of drug-likeness (QED) is 0.541. The molecule has 3 aliphatic carbocycles. The molecule has 5 fully saturated rings. The van der Waals surface area contributed by atoms with Crippen LogP contribution in [0.5, 0.6) is 0 Å². The molecule has 3 unspecified atom stereocenters. The van der Waals surface area contributed by atoms with E-state index in [4.69, 9.17) is 14.8 Å². The second kappa shape index (κ2) is 8.71. The number of fused-ring (bicyclic) bond motifs is 2. The number of anilines is 2. The standard InChI is InChI=1S/C28H35FN6O2/c1-16-7-19-11-30-27(33-24-12-31-35(17(24)2)28-5-3-18(9-28)10-28)32-23(19)8-21(16)20-4-6-34(13-22(20)29)25-14-37-15-26(25)36/h7-8,11-12,18,20,22,25-26,36H,3-6,9-10,13-15H2,1-2H3,(H,30,32,33)/t18?,20?,22?,25-,26?,28?/m1/s1. The average Bonchev–Trinajstić information content (AvgIpc) is 3.64. The molecule has 8 nitrogen and oxygen atoms in total. The van der Waals surface area contributed by atoms with Crippen LogP contribution >= 0.6 is 0 Å². The summed E-state index contributed by atoms with van der Waals surface area (Å²) < 4.78 is 23.1. The van der Waals surface area contributed by atoms with Crippen LogP contribution in [0.25, 0.3) is 10.9 Å². The normalized spacial score (nSPS) is 33.7. The fourth-order valence-electron chi connectivity index (χ4n) is 7.43. The van der Waals surface area contributed by atoms with Crippen molar-refractivity contribution in [1.29, 1.82) is 0 Å². The van der Waals surface area contributed by atoms with Gasteiger partial charge in [0.2, 0.25) is 5.95 Å². The number of aryl methyl sites for hydroxylation is 1. The number of alkyl halides is 1. The summed E-state index contributed by atoms with van der Waals surface area (Å²) in [5.74, 6) is 1.21. The van der Waals surface area contributed by atoms with Crippen molar-refractivity contribution < 1.29 is 14.2 Å². The fraction of sp³-hybridized carbons (Fsp3) is 0.607. The summed E-state index contributed by atoms with van der Waals surface area (Å²) in [4.78, 5) is 11.4. The highest BCUT2D eigenvalue weighted by molar-refractivity contribution is 5.81. The summed E-state index contributed by atoms with van der Waals surface area (Å²) in [5.41, 5.74) is 5.16. The van der Waals surface area contributed by atoms with Crippen molar-refractivity contribution >= 4 is 22.5 Å². The highest BCUT2D eigenvalue weighted by Crippen LogP contribution is 2.57. The Hall–Kier alpha value is -2.62. The second-order valence-electron chi connectivity index (χ2n) is 11.8. The first kappa shape index (κ1) is 23.5. The van der Waals surface area contributed by atoms with Crippen molar-refractivity contribution in [3.63, 3.8) is 0 Å². The van der Waals surface area contributed by atoms with E-state index in [1.165, 1.54) is 25.7 Å². The van der Waals surface area contributed by atoms with Crippen molar-refractivity contribution in [3.8, 4) is 0 Å². The zero-order chi connectivity index (χ0) is 25.3. The Morgan fingerprint density at radius 3 is 2.76 bits per heavy atom. The van der Waals surface area contributed by atoms with E-state index < -0.39 is 12.3 Å². The maximum absolute atomic E-state index is 15.5. The molecule has 4 atom stereocenters. The van der Waals surface area contributed by atoms with Gasteiger partial charge in [0.1, 0.15) is 6.17 Å². The number of benzene rings is 1. The summed E-state index contributed by atoms with van der Waals surface area (Å²) in [6, 6.07) is 4.00. The molecule has 2 saturated heterocycles. The number of ether oxygens (including phenoxy) is 1. The number of likely N-dealkylation sites (tertiary alicyclic amines) is 1. The van der Waals surface area contributed by atoms with E-state index in [2.05, 4.69) is 32.9 Å². The lowest BCUT2D eigenvalue weighted by Gasteiger charge is -2.39. The van der Waals surface area contributed by atoms with Crippen LogP contribution in [0.1, 0.15) is 54.8 Å². The number of aromatic nitrogens is 4. The summed E-state index contributed by atoms with van der Waals surface area (Å²) >= 11 is 0. The molecule has 0 spiro atoms. The van der Waals surface area contributed by atoms with E-state index in [1.54, 1.807) is 0 Å². The monoisotopic (exact) mass is 506 g/mol. The molecular weight excluding hydrogens is 471 g/mol. The molecule has 196 valence electrons. The number of piperidine rings is 1. The number of hydrogen-bond acceptors (Lipinski definition) is 7. The van der Waals surface area contributed by atoms with Gasteiger partial charge in [-0.15, -0.1) is 0 Å². The third-order valence-electron chi connectivity index (χ3n) is 9.49. The minimum Gasteiger partial charge on any atom is -0.389 e. The summed E-state index contributed by atoms with van der Waals surface area (Å²) in [6.45, 7) is 6.02. The van der Waals surface area contributed by atoms with Gasteiger partial charge < -0.3 is 15.2 Å². The molecule has 2 N–H and O–H groups in total. The molecule has 9 heteroatoms. The minimum absolute atomic E-state index is 0.106. The number of halogens is 1. The zero-order valence-corrected chi connectivity index (χ0v) is 21.5. The molecule has 2 aromatic heterocycles. The van der Waals surface area contributed by atoms with Gasteiger partial charge in [0.05, 0.1) is 54.0 Å². The van der Waals surface area contributed by atoms with Gasteiger partial charge in [0.25, 0.3) is 0 Å². The van der Waals surface area contributed by atoms with Gasteiger partial charge in [-0.2, -0.15) is 5.10 Å². The van der Waals surface area contributed by atoms with Gasteiger partial charge in [-0.05, 0) is 81.7 Å². The Balaban J connectivity index is 1.12. The van der Waals surface area contributed by atoms with Gasteiger partial charge in [-0.3, -0.25) is 9.58 Å². The molecular formula is C28H35FN6O2. The number of hydrogen-bond donors (Lipinski definition) is 2. The molecule has 8 rings (SSSR count). The summed E-state index contributed by atoms with van der Waals surface area (Å²) in [5, 5.41) is 19.2. The molecule has 3 saturated carbocycles. The van der Waals surface area contributed by atoms with Gasteiger partial charge in [0.15, 0.2) is 0 Å². The van der Waals surface area contributed by atoms with Gasteiger partial charge >= 0.3 is 0 Å². The van der Waals surface area contributed by atoms with E-state index in [0.717, 1.165) is 45.9 Å². The molecule has 2 bridgehead atoms. The first-order chi connectivity index (χ1) is 17.9. The van der Waals surface area contributed by atoms with Crippen LogP contribution in [-0.2, 0) is 10.3 Å². The Morgan fingerprint density at radius 2 is 2.03 bits per heavy atom. The van der Waals surface area contributed by atoms with Crippen molar-refractivity contribution in [1.82, 2.24) is 24.6 Å². The van der Waals surface area contributed by atoms with Crippen LogP contribution in [-0.4, -0.2) is 74.4 Å². The molecule has 2 aliphatic heterocycles. The molecule has 5 aliphatic rings. The first-order valence-corrected chi connectivity index (χ1v) is 13.6. The van der Waals surface area contributed by atoms with Crippen LogP contribution in [0, 0.1) is 19.8 Å². The van der Waals surface area contributed by atoms with E-state index in [0.29, 0.717) is 32.1 Å². The predicted octanol–water partition coefficient (Wildman–Crippen LogP) is 3.97. The van der Waals surface area contributed by atoms with Gasteiger partial charge in [-0.1, -0.05) is 0 Å². The largest absolute Gasteiger partial charge is 0.389 e. The van der Waals surface area contributed by atoms with Crippen LogP contribution in [0.2, 0.25) is 0 Å². The average molecular weight is 507 g/mol. The molecule has 1 aromatic carbocycles. The van der Waals surface area contributed by atoms with Crippen LogP contribution < -0.4 is 5.32 Å². The van der Waals surface area contributed by atoms with E-state index >= 15 is 4.39 Å². The highest BCUT2D eigenvalue weighted by atomic mass is 19.1. The van der Waals surface area contributed by atoms with Gasteiger partial charge in [0, 0.05) is 24.0 Å². The number of aliphatic hydroxyl groups excluding tert-OH is 1. The summed E-state index contributed by atoms with van der Waals surface area (Å²) in [6.07, 6.45) is 7.90. The molecule has 4 heterocycles. The van der Waals surface area contributed by atoms with E-state index in [-0.39, 0.29) is 17.5 Å². The summed E-state index contributed by atoms with van der Waals surface area (Å²) in [7, 11) is 0. The fourth-order valence-corrected chi connectivity index (χ4v) is 7.43. The maximum Gasteiger partial charge on any atom is 0.227 e. The predicted molar refractivity (Wildman–Crippen MR) is 139 cm³/mol. The van der Waals surface area contributed by atoms with Crippen LogP contribution in [0.4, 0.5) is 16.0 Å². The maximum atomic E-state index is 15.5. The highest BCUT2D eigenvalue weighted by Gasteiger charge is 2.52. The lowest BCUT2D eigenvalue weighted by molar-refractivity contribution is 0.0352. The van der Waals surface area contributed by atoms with Crippen LogP contribution in [0.3, 0.4) is 0 Å². The smallest absolute Gasteiger partial charge is 0.227 e. The third kappa shape index (κ3) is 3.85. The third-order valence-corrected chi connectivity index (χ3v) is 9.49. The van der Waals surface area contributed by atoms with Crippen molar-refractivity contribution in [3.05, 3.63) is 41.3 Å². The van der Waals surface area contributed by atoms with E-state index in [9.17, 15) is 5.11 Å². The SMILES string of the molecule is Cc1cc2cnc(Nc3cnn(C45CCC(C4)C5)c3C)nc2cc1C1CCN([C@@H]2COCC2O)CC1F. The Bertz CT molecular complexity index is 1330. The molecule has 0 radical (unpaired) electrons. The van der Waals surface area contributed by atoms with Crippen molar-refractivity contribution in [2.75, 3.05) is 31.6 Å². The molecule has 3 aromatic rings. The second-order valence-corrected chi connectivity index (χ2v) is 11.8. The topological polar surface area (TPSA) is 88.3 Å². The Kier molecular flexibility index (Phi) is 5.53. The van der Waals surface area contributed by atoms with Crippen molar-refractivity contribution in [2.24, 2.45) is 5.92 Å². The zero-order valence-electron chi connectivity index (χ0n) is 21.5. The van der Waals surface area contributed by atoms with Crippen molar-refractivity contribution in [2.45, 2.75) is 75.7 Å². The lowest BCUT2D eigenvalue weighted by Crippen LogP contribution is -2.50. The van der Waals surface area contributed by atoms with E-state index in [1.807, 2.05) is 25.4 Å². The van der Waals surface area contributed by atoms with Gasteiger partial charge in [-0.25, -0.2) is 14.4 Å². The molecule has 37 heavy (non-hydrogen) atoms. The Labute approximate surface area is 216 Å². The minimum atomic E-state index is -1.01. The number of aliphatic hydroxyl groups is 1. The number of rotatable bonds is 5. The first-order valence-electron chi connectivity index (χ1n) is 13.6. The molecule has 0 amide bonds. The Morgan fingerprint density at radius 1 is 1.16 bits per heavy atom. The van der Waals surface area contributed by atoms with Crippen LogP contribution in [0.15, 0.2) is 24.5 Å².